The van der Waals surface area contributed by atoms with Crippen LogP contribution in [-0.4, -0.2) is 24.1 Å². The van der Waals surface area contributed by atoms with Crippen molar-refractivity contribution in [3.63, 3.8) is 0 Å². The summed E-state index contributed by atoms with van der Waals surface area (Å²) in [4.78, 5) is 15.3. The SMILES string of the molecule is CSc1ccc(CN(C)C(=O)c2ccc(I)cc2)cc1. The molecular formula is C16H16INOS. The number of carbonyl (C=O) groups excluding carboxylic acids is 1. The molecule has 2 aromatic rings. The van der Waals surface area contributed by atoms with E-state index >= 15 is 0 Å². The number of amides is 1. The van der Waals surface area contributed by atoms with E-state index in [0.717, 1.165) is 14.7 Å². The van der Waals surface area contributed by atoms with Crippen molar-refractivity contribution in [3.05, 3.63) is 63.2 Å². The Hall–Kier alpha value is -1.01. The summed E-state index contributed by atoms with van der Waals surface area (Å²) in [5, 5.41) is 0. The van der Waals surface area contributed by atoms with Gasteiger partial charge in [-0.25, -0.2) is 0 Å². The average molecular weight is 397 g/mol. The van der Waals surface area contributed by atoms with E-state index in [-0.39, 0.29) is 5.91 Å². The third-order valence-corrected chi connectivity index (χ3v) is 4.48. The van der Waals surface area contributed by atoms with Gasteiger partial charge in [-0.2, -0.15) is 0 Å². The maximum Gasteiger partial charge on any atom is 0.253 e. The van der Waals surface area contributed by atoms with Crippen molar-refractivity contribution in [2.75, 3.05) is 13.3 Å². The van der Waals surface area contributed by atoms with Crippen molar-refractivity contribution in [1.29, 1.82) is 0 Å². The van der Waals surface area contributed by atoms with Gasteiger partial charge in [-0.3, -0.25) is 4.79 Å². The van der Waals surface area contributed by atoms with Crippen LogP contribution in [0.15, 0.2) is 53.4 Å². The van der Waals surface area contributed by atoms with Gasteiger partial charge in [0.15, 0.2) is 0 Å². The zero-order valence-electron chi connectivity index (χ0n) is 11.5. The van der Waals surface area contributed by atoms with Crippen LogP contribution in [0.1, 0.15) is 15.9 Å². The third-order valence-electron chi connectivity index (χ3n) is 3.02. The van der Waals surface area contributed by atoms with Crippen LogP contribution in [0.2, 0.25) is 0 Å². The number of benzene rings is 2. The first-order valence-corrected chi connectivity index (χ1v) is 8.54. The molecule has 0 aliphatic carbocycles. The second-order valence-corrected chi connectivity index (χ2v) is 6.64. The molecule has 0 aliphatic heterocycles. The van der Waals surface area contributed by atoms with Gasteiger partial charge < -0.3 is 4.90 Å². The second kappa shape index (κ2) is 7.13. The maximum absolute atomic E-state index is 12.3. The van der Waals surface area contributed by atoms with Gasteiger partial charge in [0.2, 0.25) is 0 Å². The molecule has 0 spiro atoms. The summed E-state index contributed by atoms with van der Waals surface area (Å²) >= 11 is 3.96. The van der Waals surface area contributed by atoms with Gasteiger partial charge in [0.05, 0.1) is 0 Å². The summed E-state index contributed by atoms with van der Waals surface area (Å²) in [6, 6.07) is 16.0. The van der Waals surface area contributed by atoms with Crippen molar-refractivity contribution in [3.8, 4) is 0 Å². The summed E-state index contributed by atoms with van der Waals surface area (Å²) in [5.74, 6) is 0.0512. The molecule has 0 unspecified atom stereocenters. The van der Waals surface area contributed by atoms with E-state index in [9.17, 15) is 4.79 Å². The maximum atomic E-state index is 12.3. The lowest BCUT2D eigenvalue weighted by molar-refractivity contribution is 0.0785. The lowest BCUT2D eigenvalue weighted by Crippen LogP contribution is -2.26. The zero-order chi connectivity index (χ0) is 14.5. The van der Waals surface area contributed by atoms with Gasteiger partial charge in [-0.15, -0.1) is 11.8 Å². The smallest absolute Gasteiger partial charge is 0.253 e. The lowest BCUT2D eigenvalue weighted by atomic mass is 10.1. The number of halogens is 1. The van der Waals surface area contributed by atoms with Gasteiger partial charge in [0, 0.05) is 27.6 Å². The average Bonchev–Trinajstić information content (AvgIpc) is 2.48. The van der Waals surface area contributed by atoms with Gasteiger partial charge in [0.1, 0.15) is 0 Å². The van der Waals surface area contributed by atoms with Crippen molar-refractivity contribution < 1.29 is 4.79 Å². The van der Waals surface area contributed by atoms with Crippen LogP contribution in [0.25, 0.3) is 0 Å². The molecule has 4 heteroatoms. The fourth-order valence-corrected chi connectivity index (χ4v) is 2.66. The van der Waals surface area contributed by atoms with Crippen LogP contribution in [-0.2, 0) is 6.54 Å². The third kappa shape index (κ3) is 3.99. The highest BCUT2D eigenvalue weighted by atomic mass is 127. The molecule has 0 N–H and O–H groups in total. The highest BCUT2D eigenvalue weighted by Crippen LogP contribution is 2.16. The van der Waals surface area contributed by atoms with Gasteiger partial charge in [-0.1, -0.05) is 12.1 Å². The van der Waals surface area contributed by atoms with Crippen LogP contribution >= 0.6 is 34.4 Å². The first-order chi connectivity index (χ1) is 9.60. The van der Waals surface area contributed by atoms with E-state index in [2.05, 4.69) is 53.1 Å². The second-order valence-electron chi connectivity index (χ2n) is 4.52. The van der Waals surface area contributed by atoms with Gasteiger partial charge >= 0.3 is 0 Å². The quantitative estimate of drug-likeness (QED) is 0.567. The molecule has 1 amide bonds. The first-order valence-electron chi connectivity index (χ1n) is 6.24. The molecule has 0 radical (unpaired) electrons. The fourth-order valence-electron chi connectivity index (χ4n) is 1.89. The number of hydrogen-bond donors (Lipinski definition) is 0. The fraction of sp³-hybridized carbons (Fsp3) is 0.188. The number of thioether (sulfide) groups is 1. The molecular weight excluding hydrogens is 381 g/mol. The molecule has 2 rings (SSSR count). The van der Waals surface area contributed by atoms with E-state index in [1.54, 1.807) is 16.7 Å². The monoisotopic (exact) mass is 397 g/mol. The minimum Gasteiger partial charge on any atom is -0.337 e. The van der Waals surface area contributed by atoms with E-state index in [0.29, 0.717) is 6.54 Å². The summed E-state index contributed by atoms with van der Waals surface area (Å²) in [5.41, 5.74) is 1.87. The lowest BCUT2D eigenvalue weighted by Gasteiger charge is -2.17. The molecule has 0 heterocycles. The van der Waals surface area contributed by atoms with Crippen LogP contribution in [0.5, 0.6) is 0 Å². The molecule has 0 saturated heterocycles. The van der Waals surface area contributed by atoms with Crippen molar-refractivity contribution in [2.24, 2.45) is 0 Å². The number of rotatable bonds is 4. The van der Waals surface area contributed by atoms with E-state index in [4.69, 9.17) is 0 Å². The number of hydrogen-bond acceptors (Lipinski definition) is 2. The summed E-state index contributed by atoms with van der Waals surface area (Å²) in [6.45, 7) is 0.624. The first kappa shape index (κ1) is 15.4. The van der Waals surface area contributed by atoms with Crippen LogP contribution < -0.4 is 0 Å². The molecule has 0 aromatic heterocycles. The van der Waals surface area contributed by atoms with Gasteiger partial charge in [-0.05, 0) is 70.8 Å². The Morgan fingerprint density at radius 2 is 1.70 bits per heavy atom. The number of nitrogens with zero attached hydrogens (tertiary/aromatic N) is 1. The number of carbonyl (C=O) groups is 1. The molecule has 0 aliphatic rings. The van der Waals surface area contributed by atoms with Crippen molar-refractivity contribution in [2.45, 2.75) is 11.4 Å². The largest absolute Gasteiger partial charge is 0.337 e. The van der Waals surface area contributed by atoms with Gasteiger partial charge in [0.25, 0.3) is 5.91 Å². The highest BCUT2D eigenvalue weighted by Gasteiger charge is 2.11. The Morgan fingerprint density at radius 3 is 2.25 bits per heavy atom. The predicted octanol–water partition coefficient (Wildman–Crippen LogP) is 4.29. The van der Waals surface area contributed by atoms with E-state index in [1.807, 2.05) is 31.3 Å². The zero-order valence-corrected chi connectivity index (χ0v) is 14.4. The Morgan fingerprint density at radius 1 is 1.10 bits per heavy atom. The molecule has 2 aromatic carbocycles. The molecule has 104 valence electrons. The Balaban J connectivity index is 2.04. The molecule has 2 nitrogen and oxygen atoms in total. The highest BCUT2D eigenvalue weighted by molar-refractivity contribution is 14.1. The molecule has 0 fully saturated rings. The standard InChI is InChI=1S/C16H16INOS/c1-18(11-12-3-9-15(20-2)10-4-12)16(19)13-5-7-14(17)8-6-13/h3-10H,11H2,1-2H3. The Labute approximate surface area is 137 Å². The topological polar surface area (TPSA) is 20.3 Å². The molecule has 0 saturated carbocycles. The van der Waals surface area contributed by atoms with Crippen LogP contribution in [0.3, 0.4) is 0 Å². The van der Waals surface area contributed by atoms with Crippen LogP contribution in [0, 0.1) is 3.57 Å². The Kier molecular flexibility index (Phi) is 5.48. The Bertz CT molecular complexity index is 580. The van der Waals surface area contributed by atoms with Crippen LogP contribution in [0.4, 0.5) is 0 Å². The van der Waals surface area contributed by atoms with Crippen molar-refractivity contribution >= 4 is 40.3 Å². The molecule has 0 bridgehead atoms. The minimum absolute atomic E-state index is 0.0512. The molecule has 20 heavy (non-hydrogen) atoms. The normalized spacial score (nSPS) is 10.3. The summed E-state index contributed by atoms with van der Waals surface area (Å²) in [7, 11) is 1.84. The summed E-state index contributed by atoms with van der Waals surface area (Å²) < 4.78 is 1.13. The van der Waals surface area contributed by atoms with Crippen molar-refractivity contribution in [1.82, 2.24) is 4.90 Å². The summed E-state index contributed by atoms with van der Waals surface area (Å²) in [6.07, 6.45) is 2.06. The predicted molar refractivity (Wildman–Crippen MR) is 93.2 cm³/mol. The van der Waals surface area contributed by atoms with E-state index < -0.39 is 0 Å². The minimum atomic E-state index is 0.0512. The van der Waals surface area contributed by atoms with E-state index in [1.165, 1.54) is 4.90 Å². The molecule has 0 atom stereocenters.